The number of rotatable bonds is 6. The first-order valence-electron chi connectivity index (χ1n) is 10.2. The number of imidazole rings is 1. The normalized spacial score (nSPS) is 18.2. The van der Waals surface area contributed by atoms with Crippen LogP contribution >= 0.6 is 0 Å². The Morgan fingerprint density at radius 3 is 2.48 bits per heavy atom. The molecule has 0 bridgehead atoms. The van der Waals surface area contributed by atoms with Gasteiger partial charge in [0.2, 0.25) is 0 Å². The molecule has 8 heteroatoms. The molecule has 3 aromatic rings. The number of aryl methyl sites for hydroxylation is 3. The van der Waals surface area contributed by atoms with Crippen molar-refractivity contribution >= 4 is 17.4 Å². The molecule has 3 heterocycles. The van der Waals surface area contributed by atoms with E-state index in [4.69, 9.17) is 0 Å². The van der Waals surface area contributed by atoms with Gasteiger partial charge in [-0.3, -0.25) is 14.3 Å². The maximum absolute atomic E-state index is 13.1. The third-order valence-electron chi connectivity index (χ3n) is 5.78. The van der Waals surface area contributed by atoms with E-state index in [1.165, 1.54) is 0 Å². The topological polar surface area (TPSA) is 93.2 Å². The van der Waals surface area contributed by atoms with Crippen LogP contribution < -0.4 is 0 Å². The maximum atomic E-state index is 13.1. The molecular formula is C23H25N5O3. The van der Waals surface area contributed by atoms with Crippen molar-refractivity contribution in [3.63, 3.8) is 0 Å². The van der Waals surface area contributed by atoms with Crippen molar-refractivity contribution in [2.45, 2.75) is 32.9 Å². The number of carbonyl (C=O) groups is 2. The molecule has 1 aromatic carbocycles. The molecule has 4 rings (SSSR count). The zero-order valence-electron chi connectivity index (χ0n) is 17.8. The number of aliphatic hydroxyl groups excluding tert-OH is 1. The largest absolute Gasteiger partial charge is 0.507 e. The van der Waals surface area contributed by atoms with Gasteiger partial charge in [0.1, 0.15) is 5.76 Å². The summed E-state index contributed by atoms with van der Waals surface area (Å²) >= 11 is 0. The fraction of sp³-hybridized carbons (Fsp3) is 0.304. The molecule has 0 spiro atoms. The quantitative estimate of drug-likeness (QED) is 0.377. The molecule has 1 aliphatic rings. The van der Waals surface area contributed by atoms with Crippen LogP contribution in [0.4, 0.5) is 0 Å². The van der Waals surface area contributed by atoms with Crippen molar-refractivity contribution in [2.75, 3.05) is 6.54 Å². The Morgan fingerprint density at radius 2 is 1.87 bits per heavy atom. The van der Waals surface area contributed by atoms with Crippen LogP contribution in [0.1, 0.15) is 35.0 Å². The summed E-state index contributed by atoms with van der Waals surface area (Å²) in [7, 11) is 1.78. The van der Waals surface area contributed by atoms with Gasteiger partial charge in [-0.05, 0) is 25.8 Å². The van der Waals surface area contributed by atoms with Crippen LogP contribution in [0, 0.1) is 13.8 Å². The van der Waals surface area contributed by atoms with E-state index in [1.807, 2.05) is 48.0 Å². The van der Waals surface area contributed by atoms with Crippen LogP contribution in [0.5, 0.6) is 0 Å². The zero-order chi connectivity index (χ0) is 22.1. The first-order chi connectivity index (χ1) is 14.9. The Balaban J connectivity index is 1.76. The maximum Gasteiger partial charge on any atom is 0.295 e. The number of amides is 1. The van der Waals surface area contributed by atoms with Crippen LogP contribution in [0.15, 0.2) is 54.6 Å². The highest BCUT2D eigenvalue weighted by atomic mass is 16.3. The number of aromatic nitrogens is 4. The summed E-state index contributed by atoms with van der Waals surface area (Å²) in [6.07, 6.45) is 5.93. The van der Waals surface area contributed by atoms with E-state index >= 15 is 0 Å². The molecule has 0 aliphatic carbocycles. The summed E-state index contributed by atoms with van der Waals surface area (Å²) in [6.45, 7) is 4.66. The molecule has 1 atom stereocenters. The average molecular weight is 419 g/mol. The van der Waals surface area contributed by atoms with Gasteiger partial charge in [0.05, 0.1) is 29.2 Å². The van der Waals surface area contributed by atoms with E-state index < -0.39 is 17.7 Å². The van der Waals surface area contributed by atoms with Crippen LogP contribution in [-0.2, 0) is 23.2 Å². The Labute approximate surface area is 180 Å². The van der Waals surface area contributed by atoms with Crippen molar-refractivity contribution in [1.29, 1.82) is 0 Å². The van der Waals surface area contributed by atoms with Crippen LogP contribution in [0.25, 0.3) is 5.76 Å². The third-order valence-corrected chi connectivity index (χ3v) is 5.78. The average Bonchev–Trinajstić information content (AvgIpc) is 3.43. The van der Waals surface area contributed by atoms with E-state index in [9.17, 15) is 14.7 Å². The molecule has 1 fully saturated rings. The standard InChI is InChI=1S/C23H25N5O3/c1-15-18(16(2)26(3)25-15)21(29)19-20(17-8-5-4-6-9-17)28(23(31)22(19)30)12-7-11-27-13-10-24-14-27/h4-6,8-10,13-14,20,29H,7,11-12H2,1-3H3/t20-/m0/s1. The lowest BCUT2D eigenvalue weighted by molar-refractivity contribution is -0.139. The van der Waals surface area contributed by atoms with Crippen LogP contribution in [0.3, 0.4) is 0 Å². The second-order valence-corrected chi connectivity index (χ2v) is 7.73. The minimum Gasteiger partial charge on any atom is -0.507 e. The first-order valence-corrected chi connectivity index (χ1v) is 10.2. The molecule has 8 nitrogen and oxygen atoms in total. The van der Waals surface area contributed by atoms with Crippen molar-refractivity contribution < 1.29 is 14.7 Å². The molecule has 2 aromatic heterocycles. The molecule has 160 valence electrons. The van der Waals surface area contributed by atoms with E-state index in [-0.39, 0.29) is 11.3 Å². The van der Waals surface area contributed by atoms with Gasteiger partial charge in [-0.2, -0.15) is 5.10 Å². The Hall–Kier alpha value is -3.68. The molecule has 1 saturated heterocycles. The van der Waals surface area contributed by atoms with E-state index in [1.54, 1.807) is 36.1 Å². The van der Waals surface area contributed by atoms with E-state index in [0.29, 0.717) is 30.8 Å². The van der Waals surface area contributed by atoms with Gasteiger partial charge in [0.25, 0.3) is 11.7 Å². The number of aliphatic hydroxyl groups is 1. The number of likely N-dealkylation sites (tertiary alicyclic amines) is 1. The van der Waals surface area contributed by atoms with E-state index in [2.05, 4.69) is 10.1 Å². The zero-order valence-corrected chi connectivity index (χ0v) is 17.8. The lowest BCUT2D eigenvalue weighted by Gasteiger charge is -2.25. The summed E-state index contributed by atoms with van der Waals surface area (Å²) in [5.74, 6) is -1.44. The Kier molecular flexibility index (Phi) is 5.46. The monoisotopic (exact) mass is 419 g/mol. The Morgan fingerprint density at radius 1 is 1.13 bits per heavy atom. The number of hydrogen-bond acceptors (Lipinski definition) is 5. The summed E-state index contributed by atoms with van der Waals surface area (Å²) in [5.41, 5.74) is 2.73. The fourth-order valence-electron chi connectivity index (χ4n) is 4.19. The minimum absolute atomic E-state index is 0.109. The number of Topliss-reactive ketones (excluding diaryl/α,β-unsaturated/α-hetero) is 1. The minimum atomic E-state index is -0.670. The lowest BCUT2D eigenvalue weighted by Crippen LogP contribution is -2.31. The van der Waals surface area contributed by atoms with Gasteiger partial charge in [0, 0.05) is 38.2 Å². The molecule has 31 heavy (non-hydrogen) atoms. The molecule has 0 unspecified atom stereocenters. The van der Waals surface area contributed by atoms with Gasteiger partial charge in [-0.15, -0.1) is 0 Å². The smallest absolute Gasteiger partial charge is 0.295 e. The van der Waals surface area contributed by atoms with Gasteiger partial charge < -0.3 is 14.6 Å². The number of carbonyl (C=O) groups excluding carboxylic acids is 2. The van der Waals surface area contributed by atoms with Gasteiger partial charge >= 0.3 is 0 Å². The number of nitrogens with zero attached hydrogens (tertiary/aromatic N) is 5. The SMILES string of the molecule is Cc1nn(C)c(C)c1C(O)=C1C(=O)C(=O)N(CCCn2ccnc2)[C@H]1c1ccccc1. The molecule has 1 amide bonds. The van der Waals surface area contributed by atoms with Crippen LogP contribution in [0.2, 0.25) is 0 Å². The molecular weight excluding hydrogens is 394 g/mol. The van der Waals surface area contributed by atoms with Crippen molar-refractivity contribution in [1.82, 2.24) is 24.2 Å². The number of ketones is 1. The second-order valence-electron chi connectivity index (χ2n) is 7.73. The van der Waals surface area contributed by atoms with Gasteiger partial charge in [0.15, 0.2) is 0 Å². The van der Waals surface area contributed by atoms with Crippen molar-refractivity contribution in [3.05, 3.63) is 77.1 Å². The molecule has 0 radical (unpaired) electrons. The second kappa shape index (κ2) is 8.22. The Bertz CT molecular complexity index is 1150. The number of hydrogen-bond donors (Lipinski definition) is 1. The van der Waals surface area contributed by atoms with Crippen molar-refractivity contribution in [3.8, 4) is 0 Å². The van der Waals surface area contributed by atoms with Gasteiger partial charge in [-0.25, -0.2) is 4.98 Å². The number of benzene rings is 1. The highest BCUT2D eigenvalue weighted by molar-refractivity contribution is 6.46. The molecule has 1 aliphatic heterocycles. The molecule has 1 N–H and O–H groups in total. The summed E-state index contributed by atoms with van der Waals surface area (Å²) in [4.78, 5) is 31.7. The third kappa shape index (κ3) is 3.65. The van der Waals surface area contributed by atoms with Crippen LogP contribution in [-0.4, -0.2) is 47.6 Å². The predicted octanol–water partition coefficient (Wildman–Crippen LogP) is 2.75. The first kappa shape index (κ1) is 20.6. The van der Waals surface area contributed by atoms with E-state index in [0.717, 1.165) is 11.3 Å². The summed E-state index contributed by atoms with van der Waals surface area (Å²) < 4.78 is 3.58. The summed E-state index contributed by atoms with van der Waals surface area (Å²) in [6, 6.07) is 8.70. The summed E-state index contributed by atoms with van der Waals surface area (Å²) in [5, 5.41) is 15.6. The lowest BCUT2D eigenvalue weighted by atomic mass is 9.94. The van der Waals surface area contributed by atoms with Gasteiger partial charge in [-0.1, -0.05) is 30.3 Å². The molecule has 0 saturated carbocycles. The highest BCUT2D eigenvalue weighted by Crippen LogP contribution is 2.40. The predicted molar refractivity (Wildman–Crippen MR) is 115 cm³/mol. The fourth-order valence-corrected chi connectivity index (χ4v) is 4.19. The van der Waals surface area contributed by atoms with Crippen molar-refractivity contribution in [2.24, 2.45) is 7.05 Å². The highest BCUT2D eigenvalue weighted by Gasteiger charge is 2.46.